The van der Waals surface area contributed by atoms with E-state index < -0.39 is 12.4 Å². The largest absolute Gasteiger partial charge is 0.497 e. The Morgan fingerprint density at radius 1 is 1.44 bits per heavy atom. The first kappa shape index (κ1) is 16.5. The van der Waals surface area contributed by atoms with Crippen LogP contribution in [0.25, 0.3) is 0 Å². The fourth-order valence-corrected chi connectivity index (χ4v) is 3.55. The van der Waals surface area contributed by atoms with E-state index in [4.69, 9.17) is 14.2 Å². The van der Waals surface area contributed by atoms with Crippen LogP contribution in [0, 0.1) is 6.92 Å². The first-order valence-corrected chi connectivity index (χ1v) is 8.48. The molecule has 0 unspecified atom stereocenters. The van der Waals surface area contributed by atoms with Gasteiger partial charge in [-0.1, -0.05) is 12.1 Å². The van der Waals surface area contributed by atoms with E-state index in [9.17, 15) is 5.11 Å². The number of aromatic nitrogens is 2. The van der Waals surface area contributed by atoms with Gasteiger partial charge in [0.05, 0.1) is 32.1 Å². The van der Waals surface area contributed by atoms with Crippen LogP contribution in [0.4, 0.5) is 0 Å². The van der Waals surface area contributed by atoms with Crippen molar-refractivity contribution in [3.8, 4) is 5.75 Å². The number of hydrogen-bond donors (Lipinski definition) is 2. The first-order chi connectivity index (χ1) is 12.2. The predicted octanol–water partition coefficient (Wildman–Crippen LogP) is 1.02. The molecule has 0 amide bonds. The van der Waals surface area contributed by atoms with Crippen molar-refractivity contribution in [2.45, 2.75) is 44.1 Å². The zero-order valence-electron chi connectivity index (χ0n) is 14.3. The topological polar surface area (TPSA) is 77.8 Å². The second-order valence-corrected chi connectivity index (χ2v) is 6.61. The molecule has 4 rings (SSSR count). The molecule has 1 aromatic carbocycles. The third-order valence-electron chi connectivity index (χ3n) is 4.84. The molecule has 2 N–H and O–H groups in total. The van der Waals surface area contributed by atoms with E-state index in [0.29, 0.717) is 13.2 Å². The van der Waals surface area contributed by atoms with Crippen molar-refractivity contribution < 1.29 is 19.3 Å². The summed E-state index contributed by atoms with van der Waals surface area (Å²) in [7, 11) is 1.65. The Hall–Kier alpha value is -1.93. The van der Waals surface area contributed by atoms with Crippen LogP contribution in [0.1, 0.15) is 17.2 Å². The number of aryl methyl sites for hydroxylation is 1. The molecule has 2 fully saturated rings. The number of hydrogen-bond acceptors (Lipinski definition) is 6. The molecule has 3 heterocycles. The predicted molar refractivity (Wildman–Crippen MR) is 90.2 cm³/mol. The molecule has 2 bridgehead atoms. The lowest BCUT2D eigenvalue weighted by Crippen LogP contribution is -2.57. The van der Waals surface area contributed by atoms with Gasteiger partial charge in [-0.2, -0.15) is 5.10 Å². The van der Waals surface area contributed by atoms with Crippen LogP contribution in [0.3, 0.4) is 0 Å². The summed E-state index contributed by atoms with van der Waals surface area (Å²) < 4.78 is 18.7. The monoisotopic (exact) mass is 345 g/mol. The highest BCUT2D eigenvalue weighted by Crippen LogP contribution is 2.35. The summed E-state index contributed by atoms with van der Waals surface area (Å²) in [6.45, 7) is 3.04. The SMILES string of the molecule is COc1cccc(CN[C@H]2[C@H](O)[C@@H](n3cc(C)cn3)[C@@H]3OC[C@H]2O3)c1. The van der Waals surface area contributed by atoms with Gasteiger partial charge < -0.3 is 24.6 Å². The highest BCUT2D eigenvalue weighted by molar-refractivity contribution is 5.28. The molecule has 5 atom stereocenters. The molecule has 2 aliphatic rings. The number of methoxy groups -OCH3 is 1. The minimum absolute atomic E-state index is 0.168. The van der Waals surface area contributed by atoms with Crippen molar-refractivity contribution in [3.63, 3.8) is 0 Å². The van der Waals surface area contributed by atoms with Crippen LogP contribution in [0.5, 0.6) is 5.75 Å². The number of nitrogens with zero attached hydrogens (tertiary/aromatic N) is 2. The summed E-state index contributed by atoms with van der Waals surface area (Å²) in [6, 6.07) is 7.26. The van der Waals surface area contributed by atoms with Gasteiger partial charge >= 0.3 is 0 Å². The summed E-state index contributed by atoms with van der Waals surface area (Å²) >= 11 is 0. The zero-order chi connectivity index (χ0) is 17.4. The van der Waals surface area contributed by atoms with Gasteiger partial charge in [0.15, 0.2) is 6.29 Å². The molecule has 0 radical (unpaired) electrons. The Kier molecular flexibility index (Phi) is 4.47. The van der Waals surface area contributed by atoms with Crippen LogP contribution in [-0.2, 0) is 16.0 Å². The Bertz CT molecular complexity index is 735. The third kappa shape index (κ3) is 3.16. The van der Waals surface area contributed by atoms with Crippen molar-refractivity contribution in [1.29, 1.82) is 0 Å². The Morgan fingerprint density at radius 2 is 2.32 bits per heavy atom. The quantitative estimate of drug-likeness (QED) is 0.842. The number of fused-ring (bicyclic) bond motifs is 2. The second-order valence-electron chi connectivity index (χ2n) is 6.61. The fraction of sp³-hybridized carbons (Fsp3) is 0.500. The van der Waals surface area contributed by atoms with E-state index in [-0.39, 0.29) is 18.2 Å². The summed E-state index contributed by atoms with van der Waals surface area (Å²) in [4.78, 5) is 0. The molecule has 134 valence electrons. The van der Waals surface area contributed by atoms with Crippen LogP contribution in [-0.4, -0.2) is 53.1 Å². The van der Waals surface area contributed by atoms with Crippen molar-refractivity contribution in [1.82, 2.24) is 15.1 Å². The van der Waals surface area contributed by atoms with Crippen molar-refractivity contribution >= 4 is 0 Å². The van der Waals surface area contributed by atoms with Gasteiger partial charge in [-0.25, -0.2) is 0 Å². The lowest BCUT2D eigenvalue weighted by Gasteiger charge is -2.38. The minimum Gasteiger partial charge on any atom is -0.497 e. The van der Waals surface area contributed by atoms with Crippen molar-refractivity contribution in [2.24, 2.45) is 0 Å². The smallest absolute Gasteiger partial charge is 0.183 e. The Balaban J connectivity index is 1.50. The summed E-state index contributed by atoms with van der Waals surface area (Å²) in [6.07, 6.45) is 2.38. The summed E-state index contributed by atoms with van der Waals surface area (Å²) in [5.41, 5.74) is 2.12. The second kappa shape index (κ2) is 6.76. The van der Waals surface area contributed by atoms with Crippen LogP contribution < -0.4 is 10.1 Å². The summed E-state index contributed by atoms with van der Waals surface area (Å²) in [5.74, 6) is 0.814. The number of nitrogens with one attached hydrogen (secondary N) is 1. The maximum atomic E-state index is 10.9. The number of ether oxygens (including phenoxy) is 3. The molecule has 7 nitrogen and oxygen atoms in total. The van der Waals surface area contributed by atoms with Gasteiger partial charge in [-0.05, 0) is 30.2 Å². The third-order valence-corrected chi connectivity index (χ3v) is 4.84. The highest BCUT2D eigenvalue weighted by atomic mass is 16.7. The van der Waals surface area contributed by atoms with E-state index in [1.165, 1.54) is 0 Å². The van der Waals surface area contributed by atoms with Crippen LogP contribution in [0.15, 0.2) is 36.7 Å². The van der Waals surface area contributed by atoms with E-state index in [1.807, 2.05) is 37.4 Å². The zero-order valence-corrected chi connectivity index (χ0v) is 14.3. The van der Waals surface area contributed by atoms with Gasteiger partial charge in [-0.3, -0.25) is 4.68 Å². The molecule has 7 heteroatoms. The lowest BCUT2D eigenvalue weighted by molar-refractivity contribution is -0.168. The van der Waals surface area contributed by atoms with Gasteiger partial charge in [0, 0.05) is 12.7 Å². The number of aliphatic hydroxyl groups excluding tert-OH is 1. The van der Waals surface area contributed by atoms with Crippen molar-refractivity contribution in [3.05, 3.63) is 47.8 Å². The maximum absolute atomic E-state index is 10.9. The molecule has 25 heavy (non-hydrogen) atoms. The highest BCUT2D eigenvalue weighted by Gasteiger charge is 2.51. The van der Waals surface area contributed by atoms with Crippen LogP contribution >= 0.6 is 0 Å². The van der Waals surface area contributed by atoms with Crippen molar-refractivity contribution in [2.75, 3.05) is 13.7 Å². The number of aliphatic hydroxyl groups is 1. The van der Waals surface area contributed by atoms with Crippen LogP contribution in [0.2, 0.25) is 0 Å². The van der Waals surface area contributed by atoms with E-state index >= 15 is 0 Å². The molecule has 0 aliphatic carbocycles. The Labute approximate surface area is 146 Å². The number of benzene rings is 1. The fourth-order valence-electron chi connectivity index (χ4n) is 3.55. The normalized spacial score (nSPS) is 31.2. The molecule has 2 aromatic rings. The lowest BCUT2D eigenvalue weighted by atomic mass is 9.96. The molecule has 2 saturated heterocycles. The average Bonchev–Trinajstić information content (AvgIpc) is 3.23. The molecule has 2 aliphatic heterocycles. The number of rotatable bonds is 5. The van der Waals surface area contributed by atoms with Gasteiger partial charge in [0.1, 0.15) is 17.9 Å². The molecule has 0 saturated carbocycles. The summed E-state index contributed by atoms with van der Waals surface area (Å²) in [5, 5.41) is 18.7. The van der Waals surface area contributed by atoms with E-state index in [2.05, 4.69) is 10.4 Å². The molecule has 1 aromatic heterocycles. The molecule has 0 spiro atoms. The van der Waals surface area contributed by atoms with E-state index in [0.717, 1.165) is 16.9 Å². The standard InChI is InChI=1S/C18H23N3O4/c1-11-7-20-21(9-11)16-17(22)15(14-10-24-18(16)25-14)19-8-12-4-3-5-13(6-12)23-2/h3-7,9,14-19,22H,8,10H2,1-2H3/t14-,15-,16-,17+,18-/m1/s1. The Morgan fingerprint density at radius 3 is 3.08 bits per heavy atom. The maximum Gasteiger partial charge on any atom is 0.183 e. The van der Waals surface area contributed by atoms with Gasteiger partial charge in [-0.15, -0.1) is 0 Å². The van der Waals surface area contributed by atoms with Gasteiger partial charge in [0.2, 0.25) is 0 Å². The first-order valence-electron chi connectivity index (χ1n) is 8.48. The molecular weight excluding hydrogens is 322 g/mol. The average molecular weight is 345 g/mol. The van der Waals surface area contributed by atoms with Gasteiger partial charge in [0.25, 0.3) is 0 Å². The molecular formula is C18H23N3O4. The van der Waals surface area contributed by atoms with E-state index in [1.54, 1.807) is 18.0 Å². The minimum atomic E-state index is -0.656.